The van der Waals surface area contributed by atoms with Gasteiger partial charge in [-0.1, -0.05) is 0 Å². The summed E-state index contributed by atoms with van der Waals surface area (Å²) < 4.78 is 4.65. The smallest absolute Gasteiger partial charge is 0.319 e. The Morgan fingerprint density at radius 1 is 1.47 bits per heavy atom. The molecule has 1 fully saturated rings. The third kappa shape index (κ3) is 4.62. The molecular weight excluding hydrogens is 192 g/mol. The Hall–Kier alpha value is -0.610. The van der Waals surface area contributed by atoms with Crippen molar-refractivity contribution in [1.82, 2.24) is 10.2 Å². The molecule has 0 saturated carbocycles. The highest BCUT2D eigenvalue weighted by Gasteiger charge is 2.20. The molecule has 1 aliphatic heterocycles. The van der Waals surface area contributed by atoms with E-state index >= 15 is 0 Å². The number of nitrogens with one attached hydrogen (secondary N) is 1. The monoisotopic (exact) mass is 214 g/mol. The lowest BCUT2D eigenvalue weighted by atomic mass is 9.93. The molecule has 4 heteroatoms. The summed E-state index contributed by atoms with van der Waals surface area (Å²) in [5, 5.41) is 3.18. The number of esters is 1. The van der Waals surface area contributed by atoms with Crippen molar-refractivity contribution < 1.29 is 9.53 Å². The molecule has 0 atom stereocenters. The minimum atomic E-state index is -0.122. The molecule has 0 aliphatic carbocycles. The first-order chi connectivity index (χ1) is 7.26. The average molecular weight is 214 g/mol. The van der Waals surface area contributed by atoms with Crippen LogP contribution in [-0.4, -0.2) is 51.2 Å². The van der Waals surface area contributed by atoms with Gasteiger partial charge < -0.3 is 10.1 Å². The molecule has 0 bridgehead atoms. The highest BCUT2D eigenvalue weighted by molar-refractivity contribution is 5.71. The largest absolute Gasteiger partial charge is 0.468 e. The summed E-state index contributed by atoms with van der Waals surface area (Å²) >= 11 is 0. The molecule has 0 aromatic carbocycles. The van der Waals surface area contributed by atoms with Crippen LogP contribution >= 0.6 is 0 Å². The fraction of sp³-hybridized carbons (Fsp3) is 0.909. The van der Waals surface area contributed by atoms with E-state index in [1.807, 2.05) is 7.05 Å². The minimum Gasteiger partial charge on any atom is -0.468 e. The van der Waals surface area contributed by atoms with E-state index in [9.17, 15) is 4.79 Å². The molecule has 1 saturated heterocycles. The zero-order valence-corrected chi connectivity index (χ0v) is 9.79. The SMILES string of the molecule is CNCCC1CCN(CC(=O)OC)CC1. The zero-order chi connectivity index (χ0) is 11.1. The van der Waals surface area contributed by atoms with E-state index in [1.54, 1.807) is 0 Å². The third-order valence-electron chi connectivity index (χ3n) is 3.09. The van der Waals surface area contributed by atoms with Gasteiger partial charge in [-0.15, -0.1) is 0 Å². The average Bonchev–Trinajstić information content (AvgIpc) is 2.28. The van der Waals surface area contributed by atoms with E-state index in [0.717, 1.165) is 25.6 Å². The van der Waals surface area contributed by atoms with Gasteiger partial charge in [-0.05, 0) is 51.9 Å². The molecular formula is C11H22N2O2. The molecule has 15 heavy (non-hydrogen) atoms. The summed E-state index contributed by atoms with van der Waals surface area (Å²) in [6.07, 6.45) is 3.67. The van der Waals surface area contributed by atoms with Crippen LogP contribution in [0.15, 0.2) is 0 Å². The Kier molecular flexibility index (Phi) is 5.65. The number of hydrogen-bond donors (Lipinski definition) is 1. The van der Waals surface area contributed by atoms with E-state index in [0.29, 0.717) is 6.54 Å². The first-order valence-corrected chi connectivity index (χ1v) is 5.70. The molecule has 0 aromatic rings. The number of likely N-dealkylation sites (tertiary alicyclic amines) is 1. The number of carbonyl (C=O) groups is 1. The van der Waals surface area contributed by atoms with Crippen molar-refractivity contribution in [2.24, 2.45) is 5.92 Å². The van der Waals surface area contributed by atoms with Gasteiger partial charge >= 0.3 is 5.97 Å². The molecule has 88 valence electrons. The van der Waals surface area contributed by atoms with E-state index in [2.05, 4.69) is 15.0 Å². The van der Waals surface area contributed by atoms with Gasteiger partial charge in [0, 0.05) is 0 Å². The zero-order valence-electron chi connectivity index (χ0n) is 9.79. The molecule has 0 aromatic heterocycles. The number of rotatable bonds is 5. The van der Waals surface area contributed by atoms with Crippen molar-refractivity contribution in [3.63, 3.8) is 0 Å². The summed E-state index contributed by atoms with van der Waals surface area (Å²) in [5.74, 6) is 0.704. The maximum absolute atomic E-state index is 11.1. The molecule has 4 nitrogen and oxygen atoms in total. The molecule has 0 spiro atoms. The summed E-state index contributed by atoms with van der Waals surface area (Å²) in [5.41, 5.74) is 0. The van der Waals surface area contributed by atoms with Crippen molar-refractivity contribution in [1.29, 1.82) is 0 Å². The third-order valence-corrected chi connectivity index (χ3v) is 3.09. The molecule has 1 heterocycles. The lowest BCUT2D eigenvalue weighted by Gasteiger charge is -2.30. The standard InChI is InChI=1S/C11H22N2O2/c1-12-6-3-10-4-7-13(8-5-10)9-11(14)15-2/h10,12H,3-9H2,1-2H3. The normalized spacial score (nSPS) is 19.1. The first-order valence-electron chi connectivity index (χ1n) is 5.70. The number of nitrogens with zero attached hydrogens (tertiary/aromatic N) is 1. The Bertz CT molecular complexity index is 189. The van der Waals surface area contributed by atoms with Crippen LogP contribution in [0.25, 0.3) is 0 Å². The quantitative estimate of drug-likeness (QED) is 0.676. The van der Waals surface area contributed by atoms with E-state index in [-0.39, 0.29) is 5.97 Å². The van der Waals surface area contributed by atoms with Crippen LogP contribution in [-0.2, 0) is 9.53 Å². The Morgan fingerprint density at radius 2 is 2.13 bits per heavy atom. The van der Waals surface area contributed by atoms with Crippen LogP contribution in [0.2, 0.25) is 0 Å². The molecule has 0 amide bonds. The molecule has 0 radical (unpaired) electrons. The van der Waals surface area contributed by atoms with Gasteiger partial charge in [0.1, 0.15) is 0 Å². The van der Waals surface area contributed by atoms with Crippen LogP contribution < -0.4 is 5.32 Å². The first kappa shape index (κ1) is 12.5. The number of methoxy groups -OCH3 is 1. The van der Waals surface area contributed by atoms with Gasteiger partial charge in [0.25, 0.3) is 0 Å². The van der Waals surface area contributed by atoms with Gasteiger partial charge in [-0.25, -0.2) is 0 Å². The van der Waals surface area contributed by atoms with Gasteiger partial charge in [0.05, 0.1) is 13.7 Å². The van der Waals surface area contributed by atoms with Crippen molar-refractivity contribution in [3.05, 3.63) is 0 Å². The second-order valence-electron chi connectivity index (χ2n) is 4.19. The fourth-order valence-corrected chi connectivity index (χ4v) is 2.03. The van der Waals surface area contributed by atoms with Crippen molar-refractivity contribution in [3.8, 4) is 0 Å². The minimum absolute atomic E-state index is 0.122. The van der Waals surface area contributed by atoms with Gasteiger partial charge in [0.15, 0.2) is 0 Å². The number of piperidine rings is 1. The maximum Gasteiger partial charge on any atom is 0.319 e. The maximum atomic E-state index is 11.1. The number of hydrogen-bond acceptors (Lipinski definition) is 4. The highest BCUT2D eigenvalue weighted by Crippen LogP contribution is 2.19. The second kappa shape index (κ2) is 6.80. The highest BCUT2D eigenvalue weighted by atomic mass is 16.5. The van der Waals surface area contributed by atoms with Crippen LogP contribution in [0.4, 0.5) is 0 Å². The second-order valence-corrected chi connectivity index (χ2v) is 4.19. The van der Waals surface area contributed by atoms with Crippen LogP contribution in [0.3, 0.4) is 0 Å². The summed E-state index contributed by atoms with van der Waals surface area (Å²) in [4.78, 5) is 13.2. The van der Waals surface area contributed by atoms with Crippen LogP contribution in [0.1, 0.15) is 19.3 Å². The molecule has 1 aliphatic rings. The van der Waals surface area contributed by atoms with E-state index in [4.69, 9.17) is 0 Å². The topological polar surface area (TPSA) is 41.6 Å². The van der Waals surface area contributed by atoms with E-state index in [1.165, 1.54) is 26.4 Å². The Labute approximate surface area is 92.0 Å². The molecule has 1 N–H and O–H groups in total. The number of carbonyl (C=O) groups excluding carboxylic acids is 1. The summed E-state index contributed by atoms with van der Waals surface area (Å²) in [7, 11) is 3.44. The Morgan fingerprint density at radius 3 is 2.67 bits per heavy atom. The molecule has 1 rings (SSSR count). The van der Waals surface area contributed by atoms with Crippen molar-refractivity contribution in [2.45, 2.75) is 19.3 Å². The fourth-order valence-electron chi connectivity index (χ4n) is 2.03. The number of ether oxygens (including phenoxy) is 1. The van der Waals surface area contributed by atoms with Crippen molar-refractivity contribution >= 4 is 5.97 Å². The lowest BCUT2D eigenvalue weighted by molar-refractivity contribution is -0.142. The van der Waals surface area contributed by atoms with Crippen LogP contribution in [0, 0.1) is 5.92 Å². The predicted molar refractivity (Wildman–Crippen MR) is 59.7 cm³/mol. The van der Waals surface area contributed by atoms with Gasteiger partial charge in [-0.3, -0.25) is 9.69 Å². The van der Waals surface area contributed by atoms with Crippen molar-refractivity contribution in [2.75, 3.05) is 40.3 Å². The molecule has 0 unspecified atom stereocenters. The van der Waals surface area contributed by atoms with E-state index < -0.39 is 0 Å². The van der Waals surface area contributed by atoms with Gasteiger partial charge in [-0.2, -0.15) is 0 Å². The summed E-state index contributed by atoms with van der Waals surface area (Å²) in [6, 6.07) is 0. The summed E-state index contributed by atoms with van der Waals surface area (Å²) in [6.45, 7) is 3.61. The van der Waals surface area contributed by atoms with Crippen LogP contribution in [0.5, 0.6) is 0 Å². The Balaban J connectivity index is 2.15. The predicted octanol–water partition coefficient (Wildman–Crippen LogP) is 0.481. The lowest BCUT2D eigenvalue weighted by Crippen LogP contribution is -2.38. The van der Waals surface area contributed by atoms with Gasteiger partial charge in [0.2, 0.25) is 0 Å².